The molecular weight excluding hydrogens is 172 g/mol. The Kier molecular flexibility index (Phi) is 2.38. The molecule has 0 aromatic carbocycles. The molecule has 0 spiro atoms. The van der Waals surface area contributed by atoms with Crippen LogP contribution < -0.4 is 0 Å². The lowest BCUT2D eigenvalue weighted by molar-refractivity contribution is 0.215. The molecule has 0 N–H and O–H groups in total. The molecule has 1 aromatic rings. The Labute approximate surface area is 86.3 Å². The SMILES string of the molecule is Cn1nccc1C1CCCC(C)(C)C1. The van der Waals surface area contributed by atoms with Gasteiger partial charge in [-0.25, -0.2) is 0 Å². The Morgan fingerprint density at radius 3 is 2.86 bits per heavy atom. The minimum absolute atomic E-state index is 0.521. The molecule has 14 heavy (non-hydrogen) atoms. The second kappa shape index (κ2) is 3.41. The van der Waals surface area contributed by atoms with Gasteiger partial charge in [-0.15, -0.1) is 0 Å². The first-order valence-electron chi connectivity index (χ1n) is 5.56. The number of hydrogen-bond donors (Lipinski definition) is 0. The van der Waals surface area contributed by atoms with E-state index >= 15 is 0 Å². The first kappa shape index (κ1) is 9.75. The maximum Gasteiger partial charge on any atom is 0.0492 e. The number of nitrogens with zero attached hydrogens (tertiary/aromatic N) is 2. The van der Waals surface area contributed by atoms with Crippen molar-refractivity contribution in [1.29, 1.82) is 0 Å². The van der Waals surface area contributed by atoms with Crippen molar-refractivity contribution in [2.45, 2.75) is 45.4 Å². The van der Waals surface area contributed by atoms with Crippen LogP contribution in [0, 0.1) is 5.41 Å². The number of rotatable bonds is 1. The Morgan fingerprint density at radius 1 is 1.50 bits per heavy atom. The molecule has 1 aliphatic rings. The van der Waals surface area contributed by atoms with Gasteiger partial charge in [0.15, 0.2) is 0 Å². The fraction of sp³-hybridized carbons (Fsp3) is 0.750. The molecular formula is C12H20N2. The van der Waals surface area contributed by atoms with Gasteiger partial charge in [0.05, 0.1) is 0 Å². The van der Waals surface area contributed by atoms with E-state index < -0.39 is 0 Å². The molecule has 0 amide bonds. The summed E-state index contributed by atoms with van der Waals surface area (Å²) in [5.74, 6) is 0.728. The molecule has 1 atom stereocenters. The quantitative estimate of drug-likeness (QED) is 0.668. The molecule has 2 heteroatoms. The van der Waals surface area contributed by atoms with Crippen LogP contribution in [0.3, 0.4) is 0 Å². The van der Waals surface area contributed by atoms with Gasteiger partial charge in [0.25, 0.3) is 0 Å². The van der Waals surface area contributed by atoms with E-state index in [1.54, 1.807) is 0 Å². The highest BCUT2D eigenvalue weighted by atomic mass is 15.3. The van der Waals surface area contributed by atoms with Crippen LogP contribution >= 0.6 is 0 Å². The van der Waals surface area contributed by atoms with Crippen molar-refractivity contribution in [2.75, 3.05) is 0 Å². The largest absolute Gasteiger partial charge is 0.272 e. The predicted octanol–water partition coefficient (Wildman–Crippen LogP) is 3.10. The summed E-state index contributed by atoms with van der Waals surface area (Å²) in [6.45, 7) is 4.77. The predicted molar refractivity (Wildman–Crippen MR) is 58.2 cm³/mol. The minimum Gasteiger partial charge on any atom is -0.272 e. The van der Waals surface area contributed by atoms with E-state index in [-0.39, 0.29) is 0 Å². The van der Waals surface area contributed by atoms with Crippen LogP contribution in [0.2, 0.25) is 0 Å². The molecule has 1 aromatic heterocycles. The maximum absolute atomic E-state index is 4.26. The average Bonchev–Trinajstić information content (AvgIpc) is 2.49. The highest BCUT2D eigenvalue weighted by Gasteiger charge is 2.29. The van der Waals surface area contributed by atoms with Crippen molar-refractivity contribution in [3.05, 3.63) is 18.0 Å². The van der Waals surface area contributed by atoms with Crippen molar-refractivity contribution >= 4 is 0 Å². The minimum atomic E-state index is 0.521. The number of aryl methyl sites for hydroxylation is 1. The van der Waals surface area contributed by atoms with Gasteiger partial charge in [0, 0.05) is 24.9 Å². The topological polar surface area (TPSA) is 17.8 Å². The van der Waals surface area contributed by atoms with Crippen LogP contribution in [0.1, 0.15) is 51.1 Å². The molecule has 1 heterocycles. The lowest BCUT2D eigenvalue weighted by Gasteiger charge is -2.35. The summed E-state index contributed by atoms with van der Waals surface area (Å²) < 4.78 is 2.03. The summed E-state index contributed by atoms with van der Waals surface area (Å²) in [6.07, 6.45) is 7.30. The summed E-state index contributed by atoms with van der Waals surface area (Å²) >= 11 is 0. The lowest BCUT2D eigenvalue weighted by Crippen LogP contribution is -2.22. The molecule has 1 fully saturated rings. The molecule has 0 bridgehead atoms. The zero-order valence-corrected chi connectivity index (χ0v) is 9.45. The molecule has 0 aliphatic heterocycles. The van der Waals surface area contributed by atoms with E-state index in [1.165, 1.54) is 31.4 Å². The first-order chi connectivity index (χ1) is 6.58. The highest BCUT2D eigenvalue weighted by Crippen LogP contribution is 2.42. The zero-order valence-electron chi connectivity index (χ0n) is 9.45. The maximum atomic E-state index is 4.26. The highest BCUT2D eigenvalue weighted by molar-refractivity contribution is 5.09. The standard InChI is InChI=1S/C12H20N2/c1-12(2)7-4-5-10(9-12)11-6-8-13-14(11)3/h6,8,10H,4-5,7,9H2,1-3H3. The summed E-state index contributed by atoms with van der Waals surface area (Å²) in [5, 5.41) is 4.26. The molecule has 0 saturated heterocycles. The first-order valence-corrected chi connectivity index (χ1v) is 5.56. The van der Waals surface area contributed by atoms with Crippen LogP contribution in [0.25, 0.3) is 0 Å². The third-order valence-electron chi connectivity index (χ3n) is 3.48. The van der Waals surface area contributed by atoms with E-state index in [2.05, 4.69) is 32.1 Å². The summed E-state index contributed by atoms with van der Waals surface area (Å²) in [7, 11) is 2.05. The second-order valence-corrected chi connectivity index (χ2v) is 5.34. The van der Waals surface area contributed by atoms with E-state index in [0.29, 0.717) is 5.41 Å². The van der Waals surface area contributed by atoms with Gasteiger partial charge in [-0.1, -0.05) is 20.3 Å². The molecule has 78 valence electrons. The van der Waals surface area contributed by atoms with Gasteiger partial charge in [0.1, 0.15) is 0 Å². The Balaban J connectivity index is 2.16. The van der Waals surface area contributed by atoms with Crippen molar-refractivity contribution in [1.82, 2.24) is 9.78 Å². The molecule has 1 aliphatic carbocycles. The van der Waals surface area contributed by atoms with E-state index in [9.17, 15) is 0 Å². The number of hydrogen-bond acceptors (Lipinski definition) is 1. The van der Waals surface area contributed by atoms with Crippen LogP contribution in [-0.2, 0) is 7.05 Å². The number of aromatic nitrogens is 2. The fourth-order valence-electron chi connectivity index (χ4n) is 2.74. The lowest BCUT2D eigenvalue weighted by atomic mass is 9.71. The van der Waals surface area contributed by atoms with Gasteiger partial charge >= 0.3 is 0 Å². The third kappa shape index (κ3) is 1.84. The summed E-state index contributed by atoms with van der Waals surface area (Å²) in [4.78, 5) is 0. The fourth-order valence-corrected chi connectivity index (χ4v) is 2.74. The van der Waals surface area contributed by atoms with Crippen LogP contribution in [-0.4, -0.2) is 9.78 Å². The van der Waals surface area contributed by atoms with Crippen molar-refractivity contribution in [3.63, 3.8) is 0 Å². The molecule has 0 radical (unpaired) electrons. The van der Waals surface area contributed by atoms with Crippen LogP contribution in [0.4, 0.5) is 0 Å². The summed E-state index contributed by atoms with van der Waals surface area (Å²) in [6, 6.07) is 2.17. The normalized spacial score (nSPS) is 26.4. The Bertz CT molecular complexity index is 312. The van der Waals surface area contributed by atoms with E-state index in [1.807, 2.05) is 10.9 Å². The van der Waals surface area contributed by atoms with Gasteiger partial charge in [-0.3, -0.25) is 4.68 Å². The molecule has 1 saturated carbocycles. The smallest absolute Gasteiger partial charge is 0.0492 e. The second-order valence-electron chi connectivity index (χ2n) is 5.34. The monoisotopic (exact) mass is 192 g/mol. The third-order valence-corrected chi connectivity index (χ3v) is 3.48. The van der Waals surface area contributed by atoms with Crippen molar-refractivity contribution in [2.24, 2.45) is 12.5 Å². The van der Waals surface area contributed by atoms with Gasteiger partial charge in [0.2, 0.25) is 0 Å². The average molecular weight is 192 g/mol. The molecule has 1 unspecified atom stereocenters. The van der Waals surface area contributed by atoms with Gasteiger partial charge in [-0.05, 0) is 30.7 Å². The molecule has 2 nitrogen and oxygen atoms in total. The molecule has 2 rings (SSSR count). The Hall–Kier alpha value is -0.790. The van der Waals surface area contributed by atoms with Crippen LogP contribution in [0.5, 0.6) is 0 Å². The summed E-state index contributed by atoms with van der Waals surface area (Å²) in [5.41, 5.74) is 1.94. The van der Waals surface area contributed by atoms with Crippen molar-refractivity contribution < 1.29 is 0 Å². The van der Waals surface area contributed by atoms with E-state index in [0.717, 1.165) is 5.92 Å². The Morgan fingerprint density at radius 2 is 2.29 bits per heavy atom. The van der Waals surface area contributed by atoms with Crippen molar-refractivity contribution in [3.8, 4) is 0 Å². The van der Waals surface area contributed by atoms with Gasteiger partial charge < -0.3 is 0 Å². The van der Waals surface area contributed by atoms with Crippen LogP contribution in [0.15, 0.2) is 12.3 Å². The zero-order chi connectivity index (χ0) is 10.2. The van der Waals surface area contributed by atoms with E-state index in [4.69, 9.17) is 0 Å². The van der Waals surface area contributed by atoms with Gasteiger partial charge in [-0.2, -0.15) is 5.10 Å².